The van der Waals surface area contributed by atoms with Gasteiger partial charge in [-0.3, -0.25) is 0 Å². The molecule has 0 saturated carbocycles. The minimum absolute atomic E-state index is 0.0560. The van der Waals surface area contributed by atoms with Crippen molar-refractivity contribution in [2.45, 2.75) is 25.4 Å². The summed E-state index contributed by atoms with van der Waals surface area (Å²) in [5.74, 6) is -2.69. The van der Waals surface area contributed by atoms with E-state index in [1.165, 1.54) is 18.2 Å². The van der Waals surface area contributed by atoms with Crippen LogP contribution in [0.1, 0.15) is 34.5 Å². The van der Waals surface area contributed by atoms with Gasteiger partial charge in [-0.25, -0.2) is 9.59 Å². The number of rotatable bonds is 11. The van der Waals surface area contributed by atoms with E-state index in [-0.39, 0.29) is 19.8 Å². The van der Waals surface area contributed by atoms with Crippen LogP contribution in [0.15, 0.2) is 35.5 Å². The van der Waals surface area contributed by atoms with Crippen LogP contribution in [0.25, 0.3) is 0 Å². The van der Waals surface area contributed by atoms with Gasteiger partial charge in [-0.05, 0) is 37.0 Å². The fourth-order valence-corrected chi connectivity index (χ4v) is 1.86. The van der Waals surface area contributed by atoms with Gasteiger partial charge >= 0.3 is 18.1 Å². The number of unbranched alkanes of at least 4 members (excludes halogenated alkanes) is 1. The van der Waals surface area contributed by atoms with E-state index in [0.717, 1.165) is 12.1 Å². The average Bonchev–Trinajstić information content (AvgIpc) is 2.70. The SMILES string of the molecule is O=C(O)[C]=CC(=O)O.[2H]C([2H])([2H])OCCCC/C(=N\OCCN)c1ccc(C(F)(F)F)cc1. The number of hydrogen-bond donors (Lipinski definition) is 3. The van der Waals surface area contributed by atoms with Crippen molar-refractivity contribution in [1.29, 1.82) is 0 Å². The van der Waals surface area contributed by atoms with E-state index in [4.69, 9.17) is 24.9 Å². The van der Waals surface area contributed by atoms with Crippen LogP contribution in [-0.2, 0) is 25.3 Å². The zero-order chi connectivity index (χ0) is 25.5. The van der Waals surface area contributed by atoms with Crippen molar-refractivity contribution in [3.05, 3.63) is 47.5 Å². The van der Waals surface area contributed by atoms with Gasteiger partial charge in [0, 0.05) is 26.3 Å². The first-order chi connectivity index (χ1) is 15.3. The molecule has 0 aromatic heterocycles. The second kappa shape index (κ2) is 15.0. The molecule has 0 aliphatic heterocycles. The summed E-state index contributed by atoms with van der Waals surface area (Å²) in [6.07, 6.45) is -1.02. The smallest absolute Gasteiger partial charge is 0.416 e. The predicted molar refractivity (Wildman–Crippen MR) is 102 cm³/mol. The van der Waals surface area contributed by atoms with Crippen molar-refractivity contribution in [1.82, 2.24) is 0 Å². The molecule has 0 unspecified atom stereocenters. The molecule has 1 rings (SSSR count). The molecule has 0 saturated heterocycles. The van der Waals surface area contributed by atoms with Crippen LogP contribution >= 0.6 is 0 Å². The zero-order valence-corrected chi connectivity index (χ0v) is 15.8. The van der Waals surface area contributed by atoms with E-state index < -0.39 is 30.7 Å². The largest absolute Gasteiger partial charge is 0.478 e. The third-order valence-electron chi connectivity index (χ3n) is 3.16. The lowest BCUT2D eigenvalue weighted by atomic mass is 10.0. The van der Waals surface area contributed by atoms with Crippen LogP contribution in [-0.4, -0.2) is 54.7 Å². The standard InChI is InChI=1S/C15H21F3N2O2.C4H3O4/c1-21-10-3-2-4-14(20-22-11-9-19)12-5-7-13(8-6-12)15(16,17)18;5-3(6)1-2-4(7)8/h5-8H,2-4,9-11,19H2,1H3;1H,(H,5,6)(H,7,8)/b20-14+;/i1D3;. The number of nitrogens with zero attached hydrogens (tertiary/aromatic N) is 1. The number of aliphatic carboxylic acids is 2. The van der Waals surface area contributed by atoms with Gasteiger partial charge in [0.1, 0.15) is 6.61 Å². The maximum absolute atomic E-state index is 12.6. The Hall–Kier alpha value is -2.92. The van der Waals surface area contributed by atoms with Gasteiger partial charge in [-0.1, -0.05) is 17.3 Å². The molecule has 1 aromatic rings. The maximum Gasteiger partial charge on any atom is 0.416 e. The first-order valence-corrected chi connectivity index (χ1v) is 8.52. The number of nitrogens with two attached hydrogens (primary N) is 1. The number of methoxy groups -OCH3 is 1. The first kappa shape index (κ1) is 21.8. The molecule has 0 heterocycles. The first-order valence-electron chi connectivity index (χ1n) is 10.0. The van der Waals surface area contributed by atoms with Gasteiger partial charge in [0.15, 0.2) is 0 Å². The van der Waals surface area contributed by atoms with E-state index in [0.29, 0.717) is 36.6 Å². The molecule has 0 atom stereocenters. The van der Waals surface area contributed by atoms with Gasteiger partial charge < -0.3 is 25.5 Å². The molecule has 0 fully saturated rings. The Morgan fingerprint density at radius 2 is 1.90 bits per heavy atom. The molecule has 8 nitrogen and oxygen atoms in total. The number of ether oxygens (including phenoxy) is 1. The van der Waals surface area contributed by atoms with E-state index in [2.05, 4.69) is 9.89 Å². The number of halogens is 3. The monoisotopic (exact) mass is 436 g/mol. The lowest BCUT2D eigenvalue weighted by Crippen LogP contribution is -2.09. The molecule has 0 amide bonds. The van der Waals surface area contributed by atoms with Crippen LogP contribution in [0.5, 0.6) is 0 Å². The van der Waals surface area contributed by atoms with Crippen LogP contribution in [0.3, 0.4) is 0 Å². The highest BCUT2D eigenvalue weighted by Gasteiger charge is 2.30. The van der Waals surface area contributed by atoms with Crippen LogP contribution in [0.4, 0.5) is 13.2 Å². The highest BCUT2D eigenvalue weighted by Crippen LogP contribution is 2.29. The summed E-state index contributed by atoms with van der Waals surface area (Å²) < 4.78 is 63.3. The Balaban J connectivity index is 0.00000109. The van der Waals surface area contributed by atoms with Crippen LogP contribution < -0.4 is 5.73 Å². The zero-order valence-electron chi connectivity index (χ0n) is 18.8. The number of carbonyl (C=O) groups is 2. The number of hydrogen-bond acceptors (Lipinski definition) is 6. The quantitative estimate of drug-likeness (QED) is 0.210. The highest BCUT2D eigenvalue weighted by molar-refractivity contribution is 6.00. The van der Waals surface area contributed by atoms with E-state index in [1.807, 2.05) is 0 Å². The lowest BCUT2D eigenvalue weighted by Gasteiger charge is -2.10. The number of carboxylic acid groups (broad SMARTS) is 2. The summed E-state index contributed by atoms with van der Waals surface area (Å²) in [5.41, 5.74) is 5.54. The molecule has 30 heavy (non-hydrogen) atoms. The second-order valence-corrected chi connectivity index (χ2v) is 5.47. The summed E-state index contributed by atoms with van der Waals surface area (Å²) >= 11 is 0. The Labute approximate surface area is 176 Å². The lowest BCUT2D eigenvalue weighted by molar-refractivity contribution is -0.137. The van der Waals surface area contributed by atoms with Crippen molar-refractivity contribution in [3.8, 4) is 0 Å². The number of alkyl halides is 3. The third kappa shape index (κ3) is 13.3. The Kier molecular flexibility index (Phi) is 10.9. The van der Waals surface area contributed by atoms with Crippen molar-refractivity contribution < 1.29 is 46.7 Å². The molecular formula is C19H24F3N2O6. The molecule has 1 radical (unpaired) electrons. The van der Waals surface area contributed by atoms with Gasteiger partial charge in [0.05, 0.1) is 21.5 Å². The normalized spacial score (nSPS) is 13.6. The van der Waals surface area contributed by atoms with Crippen molar-refractivity contribution >= 4 is 17.7 Å². The molecule has 0 aliphatic carbocycles. The molecule has 11 heteroatoms. The summed E-state index contributed by atoms with van der Waals surface area (Å²) in [5, 5.41) is 19.5. The van der Waals surface area contributed by atoms with Crippen molar-refractivity contribution in [2.75, 3.05) is 26.8 Å². The topological polar surface area (TPSA) is 131 Å². The second-order valence-electron chi connectivity index (χ2n) is 5.47. The summed E-state index contributed by atoms with van der Waals surface area (Å²) in [6.45, 7) is 0.503. The van der Waals surface area contributed by atoms with E-state index >= 15 is 0 Å². The summed E-state index contributed by atoms with van der Waals surface area (Å²) in [4.78, 5) is 24.0. The Morgan fingerprint density at radius 1 is 1.23 bits per heavy atom. The fraction of sp³-hybridized carbons (Fsp3) is 0.421. The van der Waals surface area contributed by atoms with Gasteiger partial charge in [-0.15, -0.1) is 0 Å². The number of oxime groups is 1. The van der Waals surface area contributed by atoms with Gasteiger partial charge in [-0.2, -0.15) is 13.2 Å². The highest BCUT2D eigenvalue weighted by atomic mass is 19.4. The van der Waals surface area contributed by atoms with Crippen molar-refractivity contribution in [2.24, 2.45) is 10.9 Å². The molecular weight excluding hydrogens is 409 g/mol. The Morgan fingerprint density at radius 3 is 2.37 bits per heavy atom. The molecule has 167 valence electrons. The Bertz CT molecular complexity index is 781. The fourth-order valence-electron chi connectivity index (χ4n) is 1.86. The number of benzene rings is 1. The van der Waals surface area contributed by atoms with Crippen LogP contribution in [0.2, 0.25) is 0 Å². The number of carboxylic acids is 2. The van der Waals surface area contributed by atoms with Crippen LogP contribution in [0, 0.1) is 6.08 Å². The molecule has 1 aromatic carbocycles. The third-order valence-corrected chi connectivity index (χ3v) is 3.16. The molecule has 0 aliphatic rings. The van der Waals surface area contributed by atoms with Gasteiger partial charge in [0.25, 0.3) is 0 Å². The minimum atomic E-state index is -4.40. The van der Waals surface area contributed by atoms with Gasteiger partial charge in [0.2, 0.25) is 0 Å². The maximum atomic E-state index is 12.6. The van der Waals surface area contributed by atoms with E-state index in [9.17, 15) is 22.8 Å². The molecule has 0 spiro atoms. The predicted octanol–water partition coefficient (Wildman–Crippen LogP) is 2.72. The van der Waals surface area contributed by atoms with E-state index in [1.54, 1.807) is 0 Å². The van der Waals surface area contributed by atoms with Crippen molar-refractivity contribution in [3.63, 3.8) is 0 Å². The average molecular weight is 436 g/mol. The molecule has 4 N–H and O–H groups in total. The minimum Gasteiger partial charge on any atom is -0.478 e. The summed E-state index contributed by atoms with van der Waals surface area (Å²) in [6, 6.07) is 4.61. The summed E-state index contributed by atoms with van der Waals surface area (Å²) in [7, 11) is -2.44. The molecule has 0 bridgehead atoms.